The van der Waals surface area contributed by atoms with Gasteiger partial charge in [0.25, 0.3) is 0 Å². The van der Waals surface area contributed by atoms with Gasteiger partial charge in [-0.2, -0.15) is 0 Å². The molecule has 0 aromatic heterocycles. The van der Waals surface area contributed by atoms with Gasteiger partial charge in [0, 0.05) is 17.6 Å². The van der Waals surface area contributed by atoms with Gasteiger partial charge < -0.3 is 14.6 Å². The first-order valence-electron chi connectivity index (χ1n) is 9.03. The Morgan fingerprint density at radius 3 is 2.56 bits per heavy atom. The van der Waals surface area contributed by atoms with Crippen LogP contribution in [0, 0.1) is 5.82 Å². The number of likely N-dealkylation sites (tertiary alicyclic amines) is 1. The van der Waals surface area contributed by atoms with Gasteiger partial charge in [-0.1, -0.05) is 23.7 Å². The summed E-state index contributed by atoms with van der Waals surface area (Å²) in [4.78, 5) is 2.01. The molecule has 0 saturated carbocycles. The molecule has 1 saturated heterocycles. The van der Waals surface area contributed by atoms with Crippen LogP contribution in [-0.2, 0) is 0 Å². The minimum absolute atomic E-state index is 0.0728. The van der Waals surface area contributed by atoms with Gasteiger partial charge in [0.1, 0.15) is 17.6 Å². The van der Waals surface area contributed by atoms with Gasteiger partial charge in [0.2, 0.25) is 0 Å². The van der Waals surface area contributed by atoms with Crippen LogP contribution < -0.4 is 9.47 Å². The number of hydrogen-bond donors (Lipinski definition) is 1. The van der Waals surface area contributed by atoms with Crippen molar-refractivity contribution in [2.45, 2.75) is 44.6 Å². The van der Waals surface area contributed by atoms with E-state index in [1.165, 1.54) is 12.1 Å². The normalized spacial score (nSPS) is 19.1. The van der Waals surface area contributed by atoms with Crippen LogP contribution in [0.25, 0.3) is 0 Å². The van der Waals surface area contributed by atoms with Crippen LogP contribution in [0.1, 0.15) is 38.3 Å². The molecule has 1 heterocycles. The Balaban J connectivity index is 1.78. The zero-order valence-corrected chi connectivity index (χ0v) is 16.5. The molecule has 0 spiro atoms. The van der Waals surface area contributed by atoms with E-state index in [1.807, 2.05) is 29.2 Å². The smallest absolute Gasteiger partial charge is 0.166 e. The Morgan fingerprint density at radius 2 is 1.93 bits per heavy atom. The molecule has 0 bridgehead atoms. The van der Waals surface area contributed by atoms with E-state index in [-0.39, 0.29) is 11.8 Å². The van der Waals surface area contributed by atoms with E-state index in [9.17, 15) is 9.50 Å². The molecule has 2 atom stereocenters. The SMILES string of the molecule is COc1ccc(C2CCCN2C(O)C(C)(C)Oc2ccc(Cl)cc2F)cc1. The second-order valence-electron chi connectivity index (χ2n) is 7.32. The highest BCUT2D eigenvalue weighted by Crippen LogP contribution is 2.37. The molecule has 2 unspecified atom stereocenters. The van der Waals surface area contributed by atoms with E-state index < -0.39 is 17.6 Å². The third kappa shape index (κ3) is 4.37. The Kier molecular flexibility index (Phi) is 5.94. The van der Waals surface area contributed by atoms with Gasteiger partial charge in [0.05, 0.1) is 7.11 Å². The van der Waals surface area contributed by atoms with Crippen LogP contribution in [0.15, 0.2) is 42.5 Å². The fourth-order valence-corrected chi connectivity index (χ4v) is 3.72. The number of rotatable bonds is 6. The standard InChI is InChI=1S/C21H25ClFNO3/c1-21(2,27-19-11-8-15(22)13-17(19)23)20(25)24-12-4-5-18(24)14-6-9-16(26-3)10-7-14/h6-11,13,18,20,25H,4-5,12H2,1-3H3. The van der Waals surface area contributed by atoms with Crippen LogP contribution in [0.3, 0.4) is 0 Å². The molecular weight excluding hydrogens is 369 g/mol. The highest BCUT2D eigenvalue weighted by atomic mass is 35.5. The lowest BCUT2D eigenvalue weighted by Crippen LogP contribution is -2.52. The van der Waals surface area contributed by atoms with E-state index in [0.717, 1.165) is 30.7 Å². The van der Waals surface area contributed by atoms with Crippen molar-refractivity contribution < 1.29 is 19.0 Å². The summed E-state index contributed by atoms with van der Waals surface area (Å²) in [6.45, 7) is 4.26. The third-order valence-electron chi connectivity index (χ3n) is 5.00. The first-order valence-corrected chi connectivity index (χ1v) is 9.41. The molecule has 27 heavy (non-hydrogen) atoms. The summed E-state index contributed by atoms with van der Waals surface area (Å²) in [5, 5.41) is 11.3. The van der Waals surface area contributed by atoms with Crippen molar-refractivity contribution in [2.75, 3.05) is 13.7 Å². The van der Waals surface area contributed by atoms with Gasteiger partial charge in [-0.3, -0.25) is 4.90 Å². The summed E-state index contributed by atoms with van der Waals surface area (Å²) in [5.41, 5.74) is 0.102. The Morgan fingerprint density at radius 1 is 1.22 bits per heavy atom. The van der Waals surface area contributed by atoms with Crippen LogP contribution in [0.4, 0.5) is 4.39 Å². The lowest BCUT2D eigenvalue weighted by molar-refractivity contribution is -0.124. The van der Waals surface area contributed by atoms with E-state index in [0.29, 0.717) is 5.02 Å². The highest BCUT2D eigenvalue weighted by Gasteiger charge is 2.41. The van der Waals surface area contributed by atoms with Crippen LogP contribution >= 0.6 is 11.6 Å². The van der Waals surface area contributed by atoms with E-state index in [1.54, 1.807) is 27.0 Å². The number of aliphatic hydroxyl groups excluding tert-OH is 1. The minimum atomic E-state index is -1.01. The lowest BCUT2D eigenvalue weighted by Gasteiger charge is -2.39. The van der Waals surface area contributed by atoms with Crippen molar-refractivity contribution in [1.29, 1.82) is 0 Å². The average molecular weight is 394 g/mol. The molecule has 2 aromatic rings. The van der Waals surface area contributed by atoms with Crippen molar-refractivity contribution in [1.82, 2.24) is 4.90 Å². The van der Waals surface area contributed by atoms with Gasteiger partial charge in [0.15, 0.2) is 11.6 Å². The average Bonchev–Trinajstić information content (AvgIpc) is 3.13. The molecule has 1 fully saturated rings. The van der Waals surface area contributed by atoms with Crippen molar-refractivity contribution in [3.63, 3.8) is 0 Å². The molecule has 1 aliphatic rings. The van der Waals surface area contributed by atoms with E-state index in [2.05, 4.69) is 0 Å². The van der Waals surface area contributed by atoms with Crippen molar-refractivity contribution in [3.05, 3.63) is 58.9 Å². The molecule has 0 radical (unpaired) electrons. The molecule has 4 nitrogen and oxygen atoms in total. The monoisotopic (exact) mass is 393 g/mol. The molecule has 0 aliphatic carbocycles. The predicted molar refractivity (Wildman–Crippen MR) is 104 cm³/mol. The van der Waals surface area contributed by atoms with E-state index >= 15 is 0 Å². The van der Waals surface area contributed by atoms with Crippen molar-refractivity contribution in [2.24, 2.45) is 0 Å². The zero-order chi connectivity index (χ0) is 19.6. The number of hydrogen-bond acceptors (Lipinski definition) is 4. The van der Waals surface area contributed by atoms with Gasteiger partial charge >= 0.3 is 0 Å². The first kappa shape index (κ1) is 19.9. The summed E-state index contributed by atoms with van der Waals surface area (Å²) in [7, 11) is 1.64. The number of aliphatic hydroxyl groups is 1. The van der Waals surface area contributed by atoms with Gasteiger partial charge in [-0.25, -0.2) is 4.39 Å². The molecule has 1 aliphatic heterocycles. The van der Waals surface area contributed by atoms with Crippen LogP contribution in [0.5, 0.6) is 11.5 Å². The quantitative estimate of drug-likeness (QED) is 0.765. The zero-order valence-electron chi connectivity index (χ0n) is 15.8. The fraction of sp³-hybridized carbons (Fsp3) is 0.429. The second-order valence-corrected chi connectivity index (χ2v) is 7.76. The maximum atomic E-state index is 14.1. The number of methoxy groups -OCH3 is 1. The molecule has 3 rings (SSSR count). The Hall–Kier alpha value is -1.82. The number of ether oxygens (including phenoxy) is 2. The van der Waals surface area contributed by atoms with Gasteiger partial charge in [-0.05, 0) is 62.6 Å². The first-order chi connectivity index (χ1) is 12.8. The van der Waals surface area contributed by atoms with Crippen LogP contribution in [0.2, 0.25) is 5.02 Å². The molecule has 0 amide bonds. The molecule has 1 N–H and O–H groups in total. The highest BCUT2D eigenvalue weighted by molar-refractivity contribution is 6.30. The molecule has 6 heteroatoms. The fourth-order valence-electron chi connectivity index (χ4n) is 3.56. The Bertz CT molecular complexity index is 781. The maximum absolute atomic E-state index is 14.1. The number of benzene rings is 2. The summed E-state index contributed by atoms with van der Waals surface area (Å²) < 4.78 is 25.2. The third-order valence-corrected chi connectivity index (χ3v) is 5.23. The summed E-state index contributed by atoms with van der Waals surface area (Å²) in [6, 6.07) is 12.2. The van der Waals surface area contributed by atoms with Crippen molar-refractivity contribution in [3.8, 4) is 11.5 Å². The molecule has 146 valence electrons. The summed E-state index contributed by atoms with van der Waals surface area (Å²) >= 11 is 5.80. The predicted octanol–water partition coefficient (Wildman–Crippen LogP) is 4.80. The summed E-state index contributed by atoms with van der Waals surface area (Å²) in [5.74, 6) is 0.324. The van der Waals surface area contributed by atoms with Gasteiger partial charge in [-0.15, -0.1) is 0 Å². The maximum Gasteiger partial charge on any atom is 0.166 e. The Labute approximate surface area is 164 Å². The van der Waals surface area contributed by atoms with Crippen LogP contribution in [-0.4, -0.2) is 35.5 Å². The largest absolute Gasteiger partial charge is 0.497 e. The molecular formula is C21H25ClFNO3. The van der Waals surface area contributed by atoms with E-state index in [4.69, 9.17) is 21.1 Å². The molecule has 2 aromatic carbocycles. The second kappa shape index (κ2) is 8.05. The topological polar surface area (TPSA) is 41.9 Å². The van der Waals surface area contributed by atoms with Crippen molar-refractivity contribution >= 4 is 11.6 Å². The summed E-state index contributed by atoms with van der Waals surface area (Å²) in [6.07, 6.45) is 1.01. The lowest BCUT2D eigenvalue weighted by atomic mass is 10.0. The minimum Gasteiger partial charge on any atom is -0.497 e. The number of halogens is 2. The number of nitrogens with zero attached hydrogens (tertiary/aromatic N) is 1.